The van der Waals surface area contributed by atoms with Crippen molar-refractivity contribution in [3.8, 4) is 11.5 Å². The van der Waals surface area contributed by atoms with E-state index in [0.29, 0.717) is 27.8 Å². The predicted octanol–water partition coefficient (Wildman–Crippen LogP) is 2.63. The Bertz CT molecular complexity index is 842. The number of carbonyl (C=O) groups excluding carboxylic acids is 2. The molecule has 2 rings (SSSR count). The summed E-state index contributed by atoms with van der Waals surface area (Å²) in [7, 11) is 3.04. The molecule has 0 aliphatic carbocycles. The number of hydrogen-bond acceptors (Lipinski definition) is 5. The van der Waals surface area contributed by atoms with Crippen LogP contribution in [0.2, 0.25) is 5.02 Å². The number of nitrogens with zero attached hydrogens (tertiary/aromatic N) is 1. The van der Waals surface area contributed by atoms with Crippen molar-refractivity contribution in [3.63, 3.8) is 0 Å². The van der Waals surface area contributed by atoms with Gasteiger partial charge in [-0.05, 0) is 30.3 Å². The second-order valence-electron chi connectivity index (χ2n) is 5.19. The van der Waals surface area contributed by atoms with E-state index in [9.17, 15) is 9.59 Å². The minimum absolute atomic E-state index is 0.251. The van der Waals surface area contributed by atoms with Gasteiger partial charge in [-0.15, -0.1) is 0 Å². The van der Waals surface area contributed by atoms with Crippen LogP contribution < -0.4 is 25.5 Å². The highest BCUT2D eigenvalue weighted by atomic mass is 35.5. The average Bonchev–Trinajstić information content (AvgIpc) is 2.66. The van der Waals surface area contributed by atoms with Gasteiger partial charge in [0.1, 0.15) is 6.54 Å². The number of hydrazone groups is 1. The molecule has 0 aliphatic heterocycles. The van der Waals surface area contributed by atoms with Gasteiger partial charge in [-0.2, -0.15) is 5.10 Å². The first-order valence-corrected chi connectivity index (χ1v) is 8.24. The number of halogens is 1. The van der Waals surface area contributed by atoms with Crippen molar-refractivity contribution >= 4 is 35.4 Å². The number of nitrogens with one attached hydrogen (secondary N) is 3. The molecule has 0 aliphatic rings. The molecule has 8 nitrogen and oxygen atoms in total. The SMILES string of the molecule is COc1cccc(C=NNC(=O)CNC(=O)Nc2cccc(Cl)c2)c1OC. The van der Waals surface area contributed by atoms with E-state index in [1.54, 1.807) is 42.5 Å². The lowest BCUT2D eigenvalue weighted by molar-refractivity contribution is -0.120. The van der Waals surface area contributed by atoms with E-state index in [2.05, 4.69) is 21.2 Å². The van der Waals surface area contributed by atoms with Crippen molar-refractivity contribution in [2.24, 2.45) is 5.10 Å². The van der Waals surface area contributed by atoms with Gasteiger partial charge in [0.15, 0.2) is 11.5 Å². The fourth-order valence-corrected chi connectivity index (χ4v) is 2.32. The van der Waals surface area contributed by atoms with Gasteiger partial charge in [-0.3, -0.25) is 4.79 Å². The minimum atomic E-state index is -0.536. The molecule has 0 fully saturated rings. The number of benzene rings is 2. The van der Waals surface area contributed by atoms with E-state index in [1.807, 2.05) is 0 Å². The van der Waals surface area contributed by atoms with Crippen LogP contribution in [-0.4, -0.2) is 38.9 Å². The Morgan fingerprint density at radius 1 is 1.15 bits per heavy atom. The Morgan fingerprint density at radius 3 is 2.63 bits per heavy atom. The summed E-state index contributed by atoms with van der Waals surface area (Å²) in [6.45, 7) is -0.251. The summed E-state index contributed by atoms with van der Waals surface area (Å²) in [6, 6.07) is 11.4. The molecule has 27 heavy (non-hydrogen) atoms. The van der Waals surface area contributed by atoms with Crippen molar-refractivity contribution in [2.45, 2.75) is 0 Å². The highest BCUT2D eigenvalue weighted by molar-refractivity contribution is 6.30. The molecule has 0 unspecified atom stereocenters. The molecular formula is C18H19ClN4O4. The first-order chi connectivity index (χ1) is 13.0. The van der Waals surface area contributed by atoms with Gasteiger partial charge < -0.3 is 20.1 Å². The Hall–Kier alpha value is -3.26. The molecule has 3 N–H and O–H groups in total. The zero-order valence-electron chi connectivity index (χ0n) is 14.8. The lowest BCUT2D eigenvalue weighted by Gasteiger charge is -2.09. The number of carbonyl (C=O) groups is 2. The fraction of sp³-hybridized carbons (Fsp3) is 0.167. The zero-order valence-corrected chi connectivity index (χ0v) is 15.5. The second-order valence-corrected chi connectivity index (χ2v) is 5.63. The molecular weight excluding hydrogens is 372 g/mol. The number of amides is 3. The number of urea groups is 1. The normalized spacial score (nSPS) is 10.3. The van der Waals surface area contributed by atoms with Gasteiger partial charge in [0.25, 0.3) is 5.91 Å². The van der Waals surface area contributed by atoms with E-state index in [4.69, 9.17) is 21.1 Å². The maximum atomic E-state index is 11.8. The van der Waals surface area contributed by atoms with Crippen LogP contribution in [0, 0.1) is 0 Å². The van der Waals surface area contributed by atoms with Gasteiger partial charge in [0.2, 0.25) is 0 Å². The minimum Gasteiger partial charge on any atom is -0.493 e. The van der Waals surface area contributed by atoms with E-state index in [0.717, 1.165) is 0 Å². The molecule has 0 saturated carbocycles. The quantitative estimate of drug-likeness (QED) is 0.499. The van der Waals surface area contributed by atoms with Crippen molar-refractivity contribution in [1.29, 1.82) is 0 Å². The smallest absolute Gasteiger partial charge is 0.319 e. The maximum absolute atomic E-state index is 11.8. The summed E-state index contributed by atoms with van der Waals surface area (Å²) in [5, 5.41) is 9.32. The summed E-state index contributed by atoms with van der Waals surface area (Å²) < 4.78 is 10.5. The highest BCUT2D eigenvalue weighted by Crippen LogP contribution is 2.29. The van der Waals surface area contributed by atoms with E-state index in [-0.39, 0.29) is 6.54 Å². The first-order valence-electron chi connectivity index (χ1n) is 7.86. The molecule has 0 radical (unpaired) electrons. The average molecular weight is 391 g/mol. The number of hydrogen-bond donors (Lipinski definition) is 3. The van der Waals surface area contributed by atoms with Gasteiger partial charge in [0.05, 0.1) is 20.4 Å². The summed E-state index contributed by atoms with van der Waals surface area (Å²) in [5.41, 5.74) is 3.46. The lowest BCUT2D eigenvalue weighted by atomic mass is 10.2. The highest BCUT2D eigenvalue weighted by Gasteiger charge is 2.08. The van der Waals surface area contributed by atoms with Crippen molar-refractivity contribution in [1.82, 2.24) is 10.7 Å². The van der Waals surface area contributed by atoms with Crippen molar-refractivity contribution in [3.05, 3.63) is 53.1 Å². The fourth-order valence-electron chi connectivity index (χ4n) is 2.13. The molecule has 142 valence electrons. The first kappa shape index (κ1) is 20.1. The van der Waals surface area contributed by atoms with Gasteiger partial charge in [0, 0.05) is 16.3 Å². The predicted molar refractivity (Wildman–Crippen MR) is 104 cm³/mol. The van der Waals surface area contributed by atoms with Crippen molar-refractivity contribution < 1.29 is 19.1 Å². The Balaban J connectivity index is 1.82. The zero-order chi connectivity index (χ0) is 19.6. The van der Waals surface area contributed by atoms with Crippen LogP contribution in [0.1, 0.15) is 5.56 Å². The Morgan fingerprint density at radius 2 is 1.93 bits per heavy atom. The van der Waals surface area contributed by atoms with Gasteiger partial charge in [-0.1, -0.05) is 23.7 Å². The van der Waals surface area contributed by atoms with Crippen LogP contribution in [0.5, 0.6) is 11.5 Å². The summed E-state index contributed by atoms with van der Waals surface area (Å²) in [6.07, 6.45) is 1.42. The largest absolute Gasteiger partial charge is 0.493 e. The third-order valence-corrected chi connectivity index (χ3v) is 3.55. The molecule has 2 aromatic rings. The number of anilines is 1. The summed E-state index contributed by atoms with van der Waals surface area (Å²) >= 11 is 5.84. The second kappa shape index (κ2) is 10.0. The molecule has 0 heterocycles. The maximum Gasteiger partial charge on any atom is 0.319 e. The third kappa shape index (κ3) is 6.19. The lowest BCUT2D eigenvalue weighted by Crippen LogP contribution is -2.37. The molecule has 0 saturated heterocycles. The van der Waals surface area contributed by atoms with Crippen LogP contribution in [0.4, 0.5) is 10.5 Å². The number of para-hydroxylation sites is 1. The van der Waals surface area contributed by atoms with Crippen LogP contribution in [-0.2, 0) is 4.79 Å². The van der Waals surface area contributed by atoms with Gasteiger partial charge in [-0.25, -0.2) is 10.2 Å². The topological polar surface area (TPSA) is 101 Å². The van der Waals surface area contributed by atoms with Crippen LogP contribution in [0.25, 0.3) is 0 Å². The van der Waals surface area contributed by atoms with E-state index in [1.165, 1.54) is 20.4 Å². The third-order valence-electron chi connectivity index (χ3n) is 3.32. The Kier molecular flexibility index (Phi) is 7.45. The number of ether oxygens (including phenoxy) is 2. The van der Waals surface area contributed by atoms with E-state index < -0.39 is 11.9 Å². The monoisotopic (exact) mass is 390 g/mol. The molecule has 0 atom stereocenters. The molecule has 0 bridgehead atoms. The molecule has 3 amide bonds. The van der Waals surface area contributed by atoms with Crippen molar-refractivity contribution in [2.75, 3.05) is 26.1 Å². The van der Waals surface area contributed by atoms with Crippen LogP contribution in [0.15, 0.2) is 47.6 Å². The van der Waals surface area contributed by atoms with Gasteiger partial charge >= 0.3 is 6.03 Å². The molecule has 2 aromatic carbocycles. The van der Waals surface area contributed by atoms with E-state index >= 15 is 0 Å². The van der Waals surface area contributed by atoms with Crippen LogP contribution in [0.3, 0.4) is 0 Å². The number of methoxy groups -OCH3 is 2. The Labute approximate surface area is 161 Å². The standard InChI is InChI=1S/C18H19ClN4O4/c1-26-15-8-3-5-12(17(15)27-2)10-21-23-16(24)11-20-18(25)22-14-7-4-6-13(19)9-14/h3-10H,11H2,1-2H3,(H,23,24)(H2,20,22,25). The summed E-state index contributed by atoms with van der Waals surface area (Å²) in [4.78, 5) is 23.5. The number of rotatable bonds is 7. The molecule has 0 aromatic heterocycles. The molecule has 9 heteroatoms. The summed E-state index contributed by atoms with van der Waals surface area (Å²) in [5.74, 6) is 0.554. The molecule has 0 spiro atoms. The van der Waals surface area contributed by atoms with Crippen LogP contribution >= 0.6 is 11.6 Å².